The molecule has 0 bridgehead atoms. The number of rotatable bonds is 7. The van der Waals surface area contributed by atoms with Gasteiger partial charge < -0.3 is 30.1 Å². The number of nitrogens with zero attached hydrogens (tertiary/aromatic N) is 2. The fourth-order valence-electron chi connectivity index (χ4n) is 2.86. The molecule has 0 aliphatic heterocycles. The monoisotopic (exact) mass is 411 g/mol. The summed E-state index contributed by atoms with van der Waals surface area (Å²) in [6.07, 6.45) is -0.208. The van der Waals surface area contributed by atoms with Gasteiger partial charge in [0.2, 0.25) is 11.7 Å². The number of nitrogens with one attached hydrogen (secondary N) is 1. The van der Waals surface area contributed by atoms with Crippen LogP contribution < -0.4 is 5.32 Å². The van der Waals surface area contributed by atoms with Crippen molar-refractivity contribution in [3.05, 3.63) is 65.0 Å². The van der Waals surface area contributed by atoms with Crippen LogP contribution in [0, 0.1) is 6.92 Å². The molecule has 0 spiro atoms. The van der Waals surface area contributed by atoms with Gasteiger partial charge in [-0.2, -0.15) is 4.98 Å². The number of aromatic nitrogens is 2. The van der Waals surface area contributed by atoms with Crippen molar-refractivity contribution in [2.45, 2.75) is 19.3 Å². The summed E-state index contributed by atoms with van der Waals surface area (Å²) in [4.78, 5) is 27.9. The molecular weight excluding hydrogens is 393 g/mol. The van der Waals surface area contributed by atoms with Crippen molar-refractivity contribution >= 4 is 19.0 Å². The largest absolute Gasteiger partial charge is 0.507 e. The first-order chi connectivity index (χ1) is 14.3. The summed E-state index contributed by atoms with van der Waals surface area (Å²) in [5.41, 5.74) is 0.564. The van der Waals surface area contributed by atoms with Crippen molar-refractivity contribution in [3.63, 3.8) is 0 Å². The molecule has 0 aliphatic rings. The van der Waals surface area contributed by atoms with Gasteiger partial charge in [0.15, 0.2) is 0 Å². The summed E-state index contributed by atoms with van der Waals surface area (Å²) in [5.74, 6) is -2.97. The second kappa shape index (κ2) is 8.76. The van der Waals surface area contributed by atoms with Crippen molar-refractivity contribution in [1.29, 1.82) is 0 Å². The molecule has 0 saturated heterocycles. The predicted octanol–water partition coefficient (Wildman–Crippen LogP) is 0.802. The van der Waals surface area contributed by atoms with Gasteiger partial charge in [-0.25, -0.2) is 4.79 Å². The maximum atomic E-state index is 12.6. The molecule has 154 valence electrons. The van der Waals surface area contributed by atoms with Gasteiger partial charge >= 0.3 is 13.1 Å². The fourth-order valence-corrected chi connectivity index (χ4v) is 2.86. The Kier molecular flexibility index (Phi) is 6.14. The van der Waals surface area contributed by atoms with Crippen LogP contribution in [0.3, 0.4) is 0 Å². The van der Waals surface area contributed by atoms with E-state index in [1.807, 2.05) is 0 Å². The van der Waals surface area contributed by atoms with Gasteiger partial charge in [-0.05, 0) is 30.2 Å². The van der Waals surface area contributed by atoms with Crippen LogP contribution in [0.4, 0.5) is 0 Å². The van der Waals surface area contributed by atoms with Gasteiger partial charge in [-0.3, -0.25) is 4.79 Å². The number of hydrogen-bond acceptors (Lipinski definition) is 8. The van der Waals surface area contributed by atoms with E-state index in [0.29, 0.717) is 17.3 Å². The molecule has 1 amide bonds. The fraction of sp³-hybridized carbons (Fsp3) is 0.158. The third-order valence-electron chi connectivity index (χ3n) is 4.38. The Balaban J connectivity index is 1.80. The van der Waals surface area contributed by atoms with Crippen molar-refractivity contribution in [2.24, 2.45) is 0 Å². The van der Waals surface area contributed by atoms with E-state index in [0.717, 1.165) is 0 Å². The molecule has 0 aliphatic carbocycles. The highest BCUT2D eigenvalue weighted by Crippen LogP contribution is 2.24. The van der Waals surface area contributed by atoms with Crippen LogP contribution in [0.15, 0.2) is 47.0 Å². The van der Waals surface area contributed by atoms with Crippen LogP contribution >= 0.6 is 0 Å². The highest BCUT2D eigenvalue weighted by Gasteiger charge is 2.28. The molecule has 1 aromatic heterocycles. The molecular formula is C19H18BN3O7. The van der Waals surface area contributed by atoms with E-state index in [4.69, 9.17) is 9.63 Å². The van der Waals surface area contributed by atoms with E-state index in [1.165, 1.54) is 30.3 Å². The maximum absolute atomic E-state index is 12.6. The predicted molar refractivity (Wildman–Crippen MR) is 105 cm³/mol. The number of aromatic hydroxyl groups is 1. The molecule has 1 heterocycles. The molecule has 1 atom stereocenters. The molecule has 11 heteroatoms. The smallest absolute Gasteiger partial charge is 0.475 e. The van der Waals surface area contributed by atoms with E-state index in [1.54, 1.807) is 19.1 Å². The number of aromatic carboxylic acids is 1. The molecule has 3 aromatic rings. The van der Waals surface area contributed by atoms with Crippen LogP contribution in [0.1, 0.15) is 32.2 Å². The van der Waals surface area contributed by atoms with Gasteiger partial charge in [-0.15, -0.1) is 0 Å². The summed E-state index contributed by atoms with van der Waals surface area (Å²) in [5, 5.41) is 44.9. The van der Waals surface area contributed by atoms with Crippen LogP contribution in [0.25, 0.3) is 11.4 Å². The maximum Gasteiger partial charge on any atom is 0.475 e. The highest BCUT2D eigenvalue weighted by molar-refractivity contribution is 6.43. The zero-order valence-corrected chi connectivity index (χ0v) is 15.8. The molecule has 30 heavy (non-hydrogen) atoms. The van der Waals surface area contributed by atoms with Crippen molar-refractivity contribution in [2.75, 3.05) is 0 Å². The Morgan fingerprint density at radius 3 is 2.57 bits per heavy atom. The van der Waals surface area contributed by atoms with Crippen LogP contribution in [-0.2, 0) is 6.42 Å². The molecule has 0 saturated carbocycles. The molecule has 2 aromatic carbocycles. The molecule has 0 radical (unpaired) electrons. The average Bonchev–Trinajstić information content (AvgIpc) is 3.15. The van der Waals surface area contributed by atoms with E-state index in [2.05, 4.69) is 15.5 Å². The van der Waals surface area contributed by atoms with Crippen molar-refractivity contribution in [1.82, 2.24) is 15.5 Å². The minimum Gasteiger partial charge on any atom is -0.507 e. The van der Waals surface area contributed by atoms with E-state index in [9.17, 15) is 24.7 Å². The average molecular weight is 411 g/mol. The van der Waals surface area contributed by atoms with Crippen molar-refractivity contribution < 1.29 is 34.4 Å². The number of carboxylic acid groups (broad SMARTS) is 1. The molecule has 5 N–H and O–H groups in total. The summed E-state index contributed by atoms with van der Waals surface area (Å²) in [6, 6.07) is 10.4. The second-order valence-corrected chi connectivity index (χ2v) is 6.53. The molecule has 3 rings (SSSR count). The lowest BCUT2D eigenvalue weighted by Gasteiger charge is -2.19. The highest BCUT2D eigenvalue weighted by atomic mass is 16.5. The Morgan fingerprint density at radius 1 is 1.20 bits per heavy atom. The molecule has 1 unspecified atom stereocenters. The number of hydrogen-bond donors (Lipinski definition) is 5. The van der Waals surface area contributed by atoms with Crippen LogP contribution in [0.5, 0.6) is 5.75 Å². The standard InChI is InChI=1S/C19H18BN3O7/c1-10-21-17(23-30-10)12-5-2-6-13(8-12)18(25)22-15(20(28)29)9-11-4-3-7-14(16(11)24)19(26)27/h2-8,15,24,28-29H,9H2,1H3,(H,22,25)(H,26,27). The third kappa shape index (κ3) is 4.65. The number of aryl methyl sites for hydroxylation is 1. The van der Waals surface area contributed by atoms with Gasteiger partial charge in [0.25, 0.3) is 5.91 Å². The first-order valence-electron chi connectivity index (χ1n) is 8.88. The topological polar surface area (TPSA) is 166 Å². The zero-order valence-electron chi connectivity index (χ0n) is 15.8. The number of amides is 1. The lowest BCUT2D eigenvalue weighted by molar-refractivity contribution is 0.0693. The van der Waals surface area contributed by atoms with E-state index >= 15 is 0 Å². The van der Waals surface area contributed by atoms with E-state index in [-0.39, 0.29) is 23.1 Å². The number of carbonyl (C=O) groups excluding carboxylic acids is 1. The zero-order chi connectivity index (χ0) is 21.8. The summed E-state index contributed by atoms with van der Waals surface area (Å²) >= 11 is 0. The van der Waals surface area contributed by atoms with Crippen LogP contribution in [0.2, 0.25) is 0 Å². The first kappa shape index (κ1) is 21.0. The quantitative estimate of drug-likeness (QED) is 0.354. The summed E-state index contributed by atoms with van der Waals surface area (Å²) in [7, 11) is -1.95. The minimum absolute atomic E-state index is 0.143. The first-order valence-corrected chi connectivity index (χ1v) is 8.88. The normalized spacial score (nSPS) is 11.7. The second-order valence-electron chi connectivity index (χ2n) is 6.53. The third-order valence-corrected chi connectivity index (χ3v) is 4.38. The Labute approximate surface area is 170 Å². The number of para-hydroxylation sites is 1. The Morgan fingerprint density at radius 2 is 1.93 bits per heavy atom. The molecule has 10 nitrogen and oxygen atoms in total. The lowest BCUT2D eigenvalue weighted by atomic mass is 9.75. The number of carbonyl (C=O) groups is 2. The van der Waals surface area contributed by atoms with E-state index < -0.39 is 30.7 Å². The number of benzene rings is 2. The van der Waals surface area contributed by atoms with Gasteiger partial charge in [0.1, 0.15) is 11.3 Å². The van der Waals surface area contributed by atoms with Gasteiger partial charge in [0, 0.05) is 18.1 Å². The Hall–Kier alpha value is -3.70. The summed E-state index contributed by atoms with van der Waals surface area (Å²) in [6.45, 7) is 1.63. The minimum atomic E-state index is -1.95. The van der Waals surface area contributed by atoms with Crippen molar-refractivity contribution in [3.8, 4) is 17.1 Å². The lowest BCUT2D eigenvalue weighted by Crippen LogP contribution is -2.47. The molecule has 0 fully saturated rings. The van der Waals surface area contributed by atoms with Crippen LogP contribution in [-0.4, -0.2) is 55.3 Å². The van der Waals surface area contributed by atoms with Gasteiger partial charge in [0.05, 0.1) is 5.94 Å². The SMILES string of the molecule is Cc1nc(-c2cccc(C(=O)NC(Cc3cccc(C(=O)O)c3O)B(O)O)c2)no1. The number of carboxylic acids is 1. The summed E-state index contributed by atoms with van der Waals surface area (Å²) < 4.78 is 4.93. The number of phenols is 1. The Bertz CT molecular complexity index is 1080. The van der Waals surface area contributed by atoms with Gasteiger partial charge in [-0.1, -0.05) is 29.4 Å².